The average molecular weight is 461 g/mol. The van der Waals surface area contributed by atoms with Gasteiger partial charge in [0, 0.05) is 22.7 Å². The normalized spacial score (nSPS) is 10.5. The van der Waals surface area contributed by atoms with Crippen molar-refractivity contribution in [1.82, 2.24) is 9.97 Å². The van der Waals surface area contributed by atoms with Gasteiger partial charge in [0.25, 0.3) is 5.91 Å². The number of carbonyl (C=O) groups is 1. The van der Waals surface area contributed by atoms with Crippen molar-refractivity contribution in [2.24, 2.45) is 5.18 Å². The summed E-state index contributed by atoms with van der Waals surface area (Å²) in [7, 11) is 1.62. The van der Waals surface area contributed by atoms with E-state index in [2.05, 4.69) is 20.5 Å². The molecule has 1 amide bonds. The zero-order valence-electron chi connectivity index (χ0n) is 18.2. The molecule has 9 heteroatoms. The van der Waals surface area contributed by atoms with Crippen molar-refractivity contribution in [2.45, 2.75) is 13.8 Å². The third kappa shape index (κ3) is 5.04. The van der Waals surface area contributed by atoms with Crippen LogP contribution in [0, 0.1) is 18.8 Å². The Labute approximate surface area is 194 Å². The second-order valence-electron chi connectivity index (χ2n) is 7.20. The molecule has 2 aromatic heterocycles. The van der Waals surface area contributed by atoms with Crippen molar-refractivity contribution < 1.29 is 14.3 Å². The first-order chi connectivity index (χ1) is 16.0. The molecule has 0 atom stereocenters. The van der Waals surface area contributed by atoms with E-state index in [-0.39, 0.29) is 17.3 Å². The maximum atomic E-state index is 12.5. The molecule has 2 heterocycles. The number of rotatable bonds is 7. The summed E-state index contributed by atoms with van der Waals surface area (Å²) in [6.45, 7) is 3.98. The molecule has 0 spiro atoms. The van der Waals surface area contributed by atoms with E-state index < -0.39 is 0 Å². The van der Waals surface area contributed by atoms with E-state index in [1.54, 1.807) is 7.11 Å². The maximum Gasteiger partial charge on any atom is 0.257 e. The van der Waals surface area contributed by atoms with Crippen LogP contribution in [0.15, 0.2) is 65.3 Å². The number of ether oxygens (including phenoxy) is 2. The number of nitrogens with one attached hydrogen (secondary N) is 1. The van der Waals surface area contributed by atoms with Crippen molar-refractivity contribution in [3.8, 4) is 28.5 Å². The van der Waals surface area contributed by atoms with Crippen LogP contribution in [0.5, 0.6) is 17.2 Å². The van der Waals surface area contributed by atoms with E-state index in [0.29, 0.717) is 10.9 Å². The molecule has 1 N–H and O–H groups in total. The molecule has 0 bridgehead atoms. The fourth-order valence-electron chi connectivity index (χ4n) is 3.39. The Balaban J connectivity index is 1.52. The number of aromatic nitrogens is 2. The highest BCUT2D eigenvalue weighted by Crippen LogP contribution is 2.34. The Morgan fingerprint density at radius 1 is 1.00 bits per heavy atom. The van der Waals surface area contributed by atoms with Crippen LogP contribution in [0.2, 0.25) is 0 Å². The number of benzene rings is 2. The molecule has 4 rings (SSSR count). The Kier molecular flexibility index (Phi) is 6.41. The predicted molar refractivity (Wildman–Crippen MR) is 128 cm³/mol. The Hall–Kier alpha value is -4.11. The average Bonchev–Trinajstić information content (AvgIpc) is 3.27. The number of methoxy groups -OCH3 is 1. The lowest BCUT2D eigenvalue weighted by Crippen LogP contribution is -2.11. The van der Waals surface area contributed by atoms with Crippen molar-refractivity contribution in [3.63, 3.8) is 0 Å². The molecule has 4 aromatic rings. The summed E-state index contributed by atoms with van der Waals surface area (Å²) in [5.74, 6) is 1.76. The van der Waals surface area contributed by atoms with Gasteiger partial charge in [0.1, 0.15) is 17.2 Å². The minimum absolute atomic E-state index is 0.0503. The third-order valence-electron chi connectivity index (χ3n) is 4.88. The van der Waals surface area contributed by atoms with Gasteiger partial charge in [-0.1, -0.05) is 0 Å². The fourth-order valence-corrected chi connectivity index (χ4v) is 4.09. The Morgan fingerprint density at radius 3 is 2.36 bits per heavy atom. The van der Waals surface area contributed by atoms with Crippen molar-refractivity contribution in [1.29, 1.82) is 0 Å². The van der Waals surface area contributed by atoms with Crippen LogP contribution in [-0.4, -0.2) is 23.0 Å². The zero-order valence-corrected chi connectivity index (χ0v) is 19.0. The number of nitroso groups, excluding NO2 is 1. The number of hydrogen-bond donors (Lipinski definition) is 1. The van der Waals surface area contributed by atoms with Gasteiger partial charge in [0.15, 0.2) is 10.9 Å². The minimum Gasteiger partial charge on any atom is -0.497 e. The van der Waals surface area contributed by atoms with E-state index in [0.717, 1.165) is 33.9 Å². The van der Waals surface area contributed by atoms with E-state index in [1.807, 2.05) is 55.6 Å². The van der Waals surface area contributed by atoms with Crippen LogP contribution in [-0.2, 0) is 0 Å². The number of pyridine rings is 1. The predicted octanol–water partition coefficient (Wildman–Crippen LogP) is 6.27. The van der Waals surface area contributed by atoms with Gasteiger partial charge in [-0.15, -0.1) is 16.2 Å². The second kappa shape index (κ2) is 9.58. The summed E-state index contributed by atoms with van der Waals surface area (Å²) >= 11 is 1.32. The number of hydrogen-bond acceptors (Lipinski definition) is 8. The molecule has 33 heavy (non-hydrogen) atoms. The Bertz CT molecular complexity index is 1300. The Morgan fingerprint density at radius 2 is 1.70 bits per heavy atom. The molecule has 8 nitrogen and oxygen atoms in total. The first-order valence-electron chi connectivity index (χ1n) is 9.96. The molecule has 0 unspecified atom stereocenters. The van der Waals surface area contributed by atoms with Gasteiger partial charge in [0.05, 0.1) is 12.8 Å². The van der Waals surface area contributed by atoms with E-state index >= 15 is 0 Å². The smallest absolute Gasteiger partial charge is 0.257 e. The van der Waals surface area contributed by atoms with Gasteiger partial charge in [0.2, 0.25) is 0 Å². The molecule has 2 aromatic carbocycles. The standard InChI is InChI=1S/C24H20N4O4S/c1-14-10-19(32-18-6-4-17(31-3)5-7-18)11-15(2)22(14)20-13-33-24(26-20)27-23(29)16-8-9-25-21(12-16)28-30/h4-13H,1-3H3,(H,26,27,29). The first-order valence-corrected chi connectivity index (χ1v) is 10.8. The first kappa shape index (κ1) is 22.1. The highest BCUT2D eigenvalue weighted by molar-refractivity contribution is 7.14. The van der Waals surface area contributed by atoms with Crippen molar-refractivity contribution in [3.05, 3.63) is 81.7 Å². The van der Waals surface area contributed by atoms with Crippen molar-refractivity contribution in [2.75, 3.05) is 12.4 Å². The van der Waals surface area contributed by atoms with Gasteiger partial charge in [-0.05, 0) is 78.7 Å². The van der Waals surface area contributed by atoms with E-state index in [4.69, 9.17) is 9.47 Å². The van der Waals surface area contributed by atoms with Crippen LogP contribution < -0.4 is 14.8 Å². The second-order valence-corrected chi connectivity index (χ2v) is 8.05. The number of aryl methyl sites for hydroxylation is 2. The minimum atomic E-state index is -0.389. The van der Waals surface area contributed by atoms with Crippen LogP contribution in [0.4, 0.5) is 10.9 Å². The van der Waals surface area contributed by atoms with Crippen LogP contribution >= 0.6 is 11.3 Å². The SMILES string of the molecule is COc1ccc(Oc2cc(C)c(-c3csc(NC(=O)c4ccnc(N=O)c4)n3)c(C)c2)cc1. The summed E-state index contributed by atoms with van der Waals surface area (Å²) in [4.78, 5) is 31.5. The lowest BCUT2D eigenvalue weighted by Gasteiger charge is -2.12. The van der Waals surface area contributed by atoms with E-state index in [9.17, 15) is 9.70 Å². The van der Waals surface area contributed by atoms with Gasteiger partial charge in [-0.3, -0.25) is 10.1 Å². The molecule has 166 valence electrons. The largest absolute Gasteiger partial charge is 0.497 e. The number of nitrogens with zero attached hydrogens (tertiary/aromatic N) is 3. The highest BCUT2D eigenvalue weighted by Gasteiger charge is 2.15. The molecule has 0 fully saturated rings. The number of thiazole rings is 1. The van der Waals surface area contributed by atoms with Crippen LogP contribution in [0.1, 0.15) is 21.5 Å². The number of carbonyl (C=O) groups excluding carboxylic acids is 1. The maximum absolute atomic E-state index is 12.5. The molecule has 0 radical (unpaired) electrons. The lowest BCUT2D eigenvalue weighted by atomic mass is 10.0. The summed E-state index contributed by atoms with van der Waals surface area (Å²) in [6, 6.07) is 14.1. The van der Waals surface area contributed by atoms with Gasteiger partial charge in [-0.2, -0.15) is 0 Å². The zero-order chi connectivity index (χ0) is 23.4. The third-order valence-corrected chi connectivity index (χ3v) is 5.64. The summed E-state index contributed by atoms with van der Waals surface area (Å²) in [6.07, 6.45) is 1.36. The molecular weight excluding hydrogens is 440 g/mol. The molecule has 0 saturated carbocycles. The number of amides is 1. The van der Waals surface area contributed by atoms with Crippen LogP contribution in [0.3, 0.4) is 0 Å². The summed E-state index contributed by atoms with van der Waals surface area (Å²) in [5, 5.41) is 7.85. The topological polar surface area (TPSA) is 103 Å². The van der Waals surface area contributed by atoms with Crippen LogP contribution in [0.25, 0.3) is 11.3 Å². The molecule has 0 aliphatic heterocycles. The molecule has 0 saturated heterocycles. The van der Waals surface area contributed by atoms with E-state index in [1.165, 1.54) is 29.7 Å². The van der Waals surface area contributed by atoms with Gasteiger partial charge in [-0.25, -0.2) is 9.97 Å². The lowest BCUT2D eigenvalue weighted by molar-refractivity contribution is 0.102. The fraction of sp³-hybridized carbons (Fsp3) is 0.125. The van der Waals surface area contributed by atoms with Gasteiger partial charge < -0.3 is 9.47 Å². The molecule has 0 aliphatic rings. The van der Waals surface area contributed by atoms with Gasteiger partial charge >= 0.3 is 0 Å². The number of anilines is 1. The molecule has 0 aliphatic carbocycles. The van der Waals surface area contributed by atoms with Crippen molar-refractivity contribution >= 4 is 28.2 Å². The highest BCUT2D eigenvalue weighted by atomic mass is 32.1. The summed E-state index contributed by atoms with van der Waals surface area (Å²) < 4.78 is 11.2. The molecular formula is C24H20N4O4S. The summed E-state index contributed by atoms with van der Waals surface area (Å²) in [5.41, 5.74) is 4.01. The quantitative estimate of drug-likeness (QED) is 0.326. The monoisotopic (exact) mass is 460 g/mol.